The maximum Gasteiger partial charge on any atom is 0.00898 e. The molecular weight excluding hydrogens is 182 g/mol. The Morgan fingerprint density at radius 1 is 1.07 bits per heavy atom. The van der Waals surface area contributed by atoms with Gasteiger partial charge in [-0.2, -0.15) is 0 Å². The molecule has 2 rings (SSSR count). The maximum absolute atomic E-state index is 3.52. The smallest absolute Gasteiger partial charge is 0.00898 e. The Labute approximate surface area is 95.0 Å². The highest BCUT2D eigenvalue weighted by Crippen LogP contribution is 2.43. The van der Waals surface area contributed by atoms with Crippen LogP contribution in [0.1, 0.15) is 58.3 Å². The Bertz CT molecular complexity index is 186. The molecule has 0 heterocycles. The highest BCUT2D eigenvalue weighted by molar-refractivity contribution is 4.87. The van der Waals surface area contributed by atoms with Crippen molar-refractivity contribution in [3.63, 3.8) is 0 Å². The molecule has 2 fully saturated rings. The molecule has 1 nitrogen and oxygen atoms in total. The van der Waals surface area contributed by atoms with Gasteiger partial charge in [0.05, 0.1) is 0 Å². The molecule has 2 saturated carbocycles. The van der Waals surface area contributed by atoms with E-state index < -0.39 is 0 Å². The summed E-state index contributed by atoms with van der Waals surface area (Å²) in [6.07, 6.45) is 11.9. The van der Waals surface area contributed by atoms with E-state index in [0.717, 1.165) is 23.8 Å². The molecule has 15 heavy (non-hydrogen) atoms. The van der Waals surface area contributed by atoms with E-state index in [9.17, 15) is 0 Å². The Kier molecular flexibility index (Phi) is 4.07. The predicted octanol–water partition coefficient (Wildman–Crippen LogP) is 3.59. The third-order valence-corrected chi connectivity index (χ3v) is 4.96. The van der Waals surface area contributed by atoms with Gasteiger partial charge in [-0.25, -0.2) is 0 Å². The first-order valence-electron chi connectivity index (χ1n) is 7.02. The van der Waals surface area contributed by atoms with Gasteiger partial charge in [0.2, 0.25) is 0 Å². The van der Waals surface area contributed by atoms with Gasteiger partial charge in [0, 0.05) is 6.04 Å². The quantitative estimate of drug-likeness (QED) is 0.749. The van der Waals surface area contributed by atoms with Gasteiger partial charge >= 0.3 is 0 Å². The van der Waals surface area contributed by atoms with E-state index in [1.54, 1.807) is 0 Å². The van der Waals surface area contributed by atoms with Gasteiger partial charge in [-0.1, -0.05) is 32.6 Å². The highest BCUT2D eigenvalue weighted by Gasteiger charge is 2.34. The van der Waals surface area contributed by atoms with Gasteiger partial charge in [-0.15, -0.1) is 0 Å². The summed E-state index contributed by atoms with van der Waals surface area (Å²) in [5, 5.41) is 3.52. The molecule has 0 radical (unpaired) electrons. The fourth-order valence-corrected chi connectivity index (χ4v) is 4.05. The van der Waals surface area contributed by atoms with Crippen molar-refractivity contribution in [1.29, 1.82) is 0 Å². The largest absolute Gasteiger partial charge is 0.317 e. The van der Waals surface area contributed by atoms with Crippen LogP contribution in [0.15, 0.2) is 0 Å². The van der Waals surface area contributed by atoms with E-state index in [4.69, 9.17) is 0 Å². The summed E-state index contributed by atoms with van der Waals surface area (Å²) in [5.41, 5.74) is 0. The first-order chi connectivity index (χ1) is 7.35. The normalized spacial score (nSPS) is 38.4. The van der Waals surface area contributed by atoms with Gasteiger partial charge in [-0.3, -0.25) is 0 Å². The number of rotatable bonds is 3. The molecule has 0 amide bonds. The summed E-state index contributed by atoms with van der Waals surface area (Å²) in [6.45, 7) is 2.33. The molecule has 1 heteroatoms. The lowest BCUT2D eigenvalue weighted by Crippen LogP contribution is -2.39. The Morgan fingerprint density at radius 3 is 2.47 bits per heavy atom. The van der Waals surface area contributed by atoms with Crippen LogP contribution in [0, 0.1) is 17.8 Å². The van der Waals surface area contributed by atoms with Crippen LogP contribution in [-0.2, 0) is 0 Å². The highest BCUT2D eigenvalue weighted by atomic mass is 14.9. The molecule has 0 aliphatic heterocycles. The minimum absolute atomic E-state index is 0.785. The van der Waals surface area contributed by atoms with Gasteiger partial charge < -0.3 is 5.32 Å². The van der Waals surface area contributed by atoms with Crippen molar-refractivity contribution in [3.05, 3.63) is 0 Å². The Balaban J connectivity index is 1.90. The molecule has 88 valence electrons. The Hall–Kier alpha value is -0.0400. The maximum atomic E-state index is 3.52. The van der Waals surface area contributed by atoms with Crippen LogP contribution in [0.4, 0.5) is 0 Å². The topological polar surface area (TPSA) is 12.0 Å². The summed E-state index contributed by atoms with van der Waals surface area (Å²) in [6, 6.07) is 0.785. The molecule has 1 N–H and O–H groups in total. The fourth-order valence-electron chi connectivity index (χ4n) is 4.05. The third kappa shape index (κ3) is 2.55. The van der Waals surface area contributed by atoms with Crippen molar-refractivity contribution in [3.8, 4) is 0 Å². The van der Waals surface area contributed by atoms with Crippen molar-refractivity contribution in [2.24, 2.45) is 17.8 Å². The van der Waals surface area contributed by atoms with Gasteiger partial charge in [0.15, 0.2) is 0 Å². The zero-order valence-electron chi connectivity index (χ0n) is 10.5. The molecular formula is C14H27N. The Morgan fingerprint density at radius 2 is 1.80 bits per heavy atom. The zero-order chi connectivity index (χ0) is 10.7. The average molecular weight is 209 g/mol. The van der Waals surface area contributed by atoms with Crippen LogP contribution >= 0.6 is 0 Å². The van der Waals surface area contributed by atoms with Crippen LogP contribution in [0.2, 0.25) is 0 Å². The van der Waals surface area contributed by atoms with E-state index >= 15 is 0 Å². The molecule has 0 aromatic heterocycles. The molecule has 0 saturated heterocycles. The molecule has 0 spiro atoms. The number of hydrogen-bond acceptors (Lipinski definition) is 1. The second-order valence-electron chi connectivity index (χ2n) is 5.68. The first-order valence-corrected chi connectivity index (χ1v) is 7.02. The molecule has 4 unspecified atom stereocenters. The molecule has 2 aliphatic rings. The summed E-state index contributed by atoms with van der Waals surface area (Å²) in [7, 11) is 2.14. The van der Waals surface area contributed by atoms with Crippen molar-refractivity contribution in [2.75, 3.05) is 7.05 Å². The summed E-state index contributed by atoms with van der Waals surface area (Å²) >= 11 is 0. The molecule has 0 aromatic carbocycles. The standard InChI is InChI=1S/C14H27N/c1-3-14(15-2)13-9-8-11-6-4-5-7-12(11)10-13/h11-15H,3-10H2,1-2H3. The van der Waals surface area contributed by atoms with Crippen LogP contribution in [0.3, 0.4) is 0 Å². The third-order valence-electron chi connectivity index (χ3n) is 4.96. The monoisotopic (exact) mass is 209 g/mol. The van der Waals surface area contributed by atoms with Gasteiger partial charge in [0.1, 0.15) is 0 Å². The van der Waals surface area contributed by atoms with Crippen molar-refractivity contribution in [1.82, 2.24) is 5.32 Å². The van der Waals surface area contributed by atoms with Gasteiger partial charge in [0.25, 0.3) is 0 Å². The fraction of sp³-hybridized carbons (Fsp3) is 1.00. The van der Waals surface area contributed by atoms with Crippen LogP contribution < -0.4 is 5.32 Å². The lowest BCUT2D eigenvalue weighted by molar-refractivity contribution is 0.110. The van der Waals surface area contributed by atoms with Gasteiger partial charge in [-0.05, 0) is 50.5 Å². The van der Waals surface area contributed by atoms with E-state index in [1.165, 1.54) is 51.4 Å². The number of fused-ring (bicyclic) bond motifs is 1. The number of hydrogen-bond donors (Lipinski definition) is 1. The molecule has 0 bridgehead atoms. The van der Waals surface area contributed by atoms with Crippen molar-refractivity contribution >= 4 is 0 Å². The van der Waals surface area contributed by atoms with E-state index in [1.807, 2.05) is 0 Å². The minimum Gasteiger partial charge on any atom is -0.317 e. The molecule has 2 aliphatic carbocycles. The second kappa shape index (κ2) is 5.34. The summed E-state index contributed by atoms with van der Waals surface area (Å²) < 4.78 is 0. The molecule has 4 atom stereocenters. The predicted molar refractivity (Wildman–Crippen MR) is 65.9 cm³/mol. The number of nitrogens with one attached hydrogen (secondary N) is 1. The first kappa shape index (κ1) is 11.4. The minimum atomic E-state index is 0.785. The zero-order valence-corrected chi connectivity index (χ0v) is 10.5. The van der Waals surface area contributed by atoms with Crippen molar-refractivity contribution < 1.29 is 0 Å². The SMILES string of the molecule is CCC(NC)C1CCC2CCCCC2C1. The van der Waals surface area contributed by atoms with E-state index in [0.29, 0.717) is 0 Å². The van der Waals surface area contributed by atoms with Crippen LogP contribution in [0.25, 0.3) is 0 Å². The second-order valence-corrected chi connectivity index (χ2v) is 5.68. The van der Waals surface area contributed by atoms with Crippen LogP contribution in [0.5, 0.6) is 0 Å². The van der Waals surface area contributed by atoms with E-state index in [-0.39, 0.29) is 0 Å². The van der Waals surface area contributed by atoms with Crippen molar-refractivity contribution in [2.45, 2.75) is 64.3 Å². The lowest BCUT2D eigenvalue weighted by Gasteiger charge is -2.41. The average Bonchev–Trinajstić information content (AvgIpc) is 2.30. The summed E-state index contributed by atoms with van der Waals surface area (Å²) in [5.74, 6) is 3.16. The lowest BCUT2D eigenvalue weighted by atomic mass is 9.66. The summed E-state index contributed by atoms with van der Waals surface area (Å²) in [4.78, 5) is 0. The van der Waals surface area contributed by atoms with Crippen LogP contribution in [-0.4, -0.2) is 13.1 Å². The molecule has 0 aromatic rings. The van der Waals surface area contributed by atoms with E-state index in [2.05, 4.69) is 19.3 Å².